The first-order valence-corrected chi connectivity index (χ1v) is 10.5. The Morgan fingerprint density at radius 1 is 1.10 bits per heavy atom. The van der Waals surface area contributed by atoms with Crippen molar-refractivity contribution in [1.29, 1.82) is 0 Å². The fraction of sp³-hybridized carbons (Fsp3) is 0.174. The maximum atomic E-state index is 12.7. The van der Waals surface area contributed by atoms with Gasteiger partial charge in [-0.15, -0.1) is 11.3 Å². The predicted molar refractivity (Wildman–Crippen MR) is 120 cm³/mol. The average molecular weight is 435 g/mol. The van der Waals surface area contributed by atoms with E-state index in [0.29, 0.717) is 17.2 Å². The second-order valence-electron chi connectivity index (χ2n) is 6.86. The standard InChI is InChI=1S/C23H22N4O3S/c1-15(16-4-7-18(8-5-16)27-11-10-24-14-27)25-22(28)19-13-31-23(26-19)17-6-9-20(29-2)21(12-17)30-3/h4-15H,1-3H3,(H,25,28). The molecule has 1 atom stereocenters. The van der Waals surface area contributed by atoms with Gasteiger partial charge >= 0.3 is 0 Å². The van der Waals surface area contributed by atoms with Gasteiger partial charge in [-0.3, -0.25) is 4.79 Å². The van der Waals surface area contributed by atoms with Crippen molar-refractivity contribution in [3.8, 4) is 27.8 Å². The number of carbonyl (C=O) groups is 1. The zero-order chi connectivity index (χ0) is 21.8. The topological polar surface area (TPSA) is 78.3 Å². The van der Waals surface area contributed by atoms with Crippen LogP contribution in [0.25, 0.3) is 16.3 Å². The van der Waals surface area contributed by atoms with Crippen LogP contribution in [0, 0.1) is 0 Å². The Labute approximate surface area is 184 Å². The molecule has 0 bridgehead atoms. The highest BCUT2D eigenvalue weighted by molar-refractivity contribution is 7.13. The van der Waals surface area contributed by atoms with Gasteiger partial charge in [0.15, 0.2) is 11.5 Å². The number of benzene rings is 2. The molecule has 4 rings (SSSR count). The Hall–Kier alpha value is -3.65. The van der Waals surface area contributed by atoms with E-state index in [1.165, 1.54) is 11.3 Å². The zero-order valence-corrected chi connectivity index (χ0v) is 18.2. The lowest BCUT2D eigenvalue weighted by Crippen LogP contribution is -2.26. The molecular weight excluding hydrogens is 412 g/mol. The molecule has 0 aliphatic carbocycles. The largest absolute Gasteiger partial charge is 0.493 e. The Kier molecular flexibility index (Phi) is 5.99. The summed E-state index contributed by atoms with van der Waals surface area (Å²) in [4.78, 5) is 21.3. The molecular formula is C23H22N4O3S. The zero-order valence-electron chi connectivity index (χ0n) is 17.4. The van der Waals surface area contributed by atoms with Crippen molar-refractivity contribution < 1.29 is 14.3 Å². The summed E-state index contributed by atoms with van der Waals surface area (Å²) in [7, 11) is 3.18. The fourth-order valence-electron chi connectivity index (χ4n) is 3.18. The molecule has 1 amide bonds. The van der Waals surface area contributed by atoms with Crippen LogP contribution in [0.2, 0.25) is 0 Å². The minimum Gasteiger partial charge on any atom is -0.493 e. The Bertz CT molecular complexity index is 1170. The fourth-order valence-corrected chi connectivity index (χ4v) is 3.98. The molecule has 0 fully saturated rings. The minimum atomic E-state index is -0.214. The Morgan fingerprint density at radius 2 is 1.87 bits per heavy atom. The van der Waals surface area contributed by atoms with Crippen molar-refractivity contribution >= 4 is 17.2 Å². The molecule has 2 heterocycles. The van der Waals surface area contributed by atoms with E-state index in [9.17, 15) is 4.79 Å². The van der Waals surface area contributed by atoms with Crippen molar-refractivity contribution in [3.63, 3.8) is 0 Å². The second-order valence-corrected chi connectivity index (χ2v) is 7.72. The van der Waals surface area contributed by atoms with Gasteiger partial charge in [0.2, 0.25) is 0 Å². The summed E-state index contributed by atoms with van der Waals surface area (Å²) < 4.78 is 12.6. The van der Waals surface area contributed by atoms with Crippen molar-refractivity contribution in [2.75, 3.05) is 14.2 Å². The third kappa shape index (κ3) is 4.44. The van der Waals surface area contributed by atoms with Crippen LogP contribution in [0.3, 0.4) is 0 Å². The molecule has 2 aromatic carbocycles. The van der Waals surface area contributed by atoms with E-state index in [0.717, 1.165) is 21.8 Å². The first-order valence-electron chi connectivity index (χ1n) is 9.66. The summed E-state index contributed by atoms with van der Waals surface area (Å²) in [5.74, 6) is 1.05. The molecule has 0 aliphatic heterocycles. The highest BCUT2D eigenvalue weighted by Gasteiger charge is 2.16. The lowest BCUT2D eigenvalue weighted by Gasteiger charge is -2.14. The number of rotatable bonds is 7. The SMILES string of the molecule is COc1ccc(-c2nc(C(=O)NC(C)c3ccc(-n4ccnc4)cc3)cs2)cc1OC. The molecule has 4 aromatic rings. The second kappa shape index (κ2) is 9.01. The molecule has 0 spiro atoms. The first-order chi connectivity index (χ1) is 15.1. The molecule has 0 radical (unpaired) electrons. The summed E-state index contributed by atoms with van der Waals surface area (Å²) in [6, 6.07) is 13.4. The average Bonchev–Trinajstić information content (AvgIpc) is 3.51. The van der Waals surface area contributed by atoms with E-state index in [1.54, 1.807) is 32.1 Å². The molecule has 158 valence electrons. The number of imidazole rings is 1. The van der Waals surface area contributed by atoms with Gasteiger partial charge in [-0.05, 0) is 42.8 Å². The molecule has 0 saturated carbocycles. The van der Waals surface area contributed by atoms with Gasteiger partial charge < -0.3 is 19.4 Å². The normalized spacial score (nSPS) is 11.7. The van der Waals surface area contributed by atoms with E-state index < -0.39 is 0 Å². The van der Waals surface area contributed by atoms with Gasteiger partial charge in [0.1, 0.15) is 10.7 Å². The minimum absolute atomic E-state index is 0.157. The van der Waals surface area contributed by atoms with Gasteiger partial charge in [-0.25, -0.2) is 9.97 Å². The van der Waals surface area contributed by atoms with Crippen LogP contribution in [0.1, 0.15) is 29.0 Å². The van der Waals surface area contributed by atoms with Crippen LogP contribution in [-0.4, -0.2) is 34.7 Å². The number of ether oxygens (including phenoxy) is 2. The van der Waals surface area contributed by atoms with Crippen LogP contribution in [0.4, 0.5) is 0 Å². The summed E-state index contributed by atoms with van der Waals surface area (Å²) in [6.07, 6.45) is 5.37. The van der Waals surface area contributed by atoms with Crippen LogP contribution < -0.4 is 14.8 Å². The summed E-state index contributed by atoms with van der Waals surface area (Å²) >= 11 is 1.41. The first kappa shape index (κ1) is 20.6. The summed E-state index contributed by atoms with van der Waals surface area (Å²) in [6.45, 7) is 1.95. The quantitative estimate of drug-likeness (QED) is 0.463. The van der Waals surface area contributed by atoms with E-state index in [-0.39, 0.29) is 11.9 Å². The molecule has 1 unspecified atom stereocenters. The van der Waals surface area contributed by atoms with E-state index in [1.807, 2.05) is 60.2 Å². The highest BCUT2D eigenvalue weighted by Crippen LogP contribution is 2.33. The molecule has 1 N–H and O–H groups in total. The van der Waals surface area contributed by atoms with Gasteiger partial charge in [-0.2, -0.15) is 0 Å². The van der Waals surface area contributed by atoms with E-state index in [4.69, 9.17) is 9.47 Å². The maximum absolute atomic E-state index is 12.7. The summed E-state index contributed by atoms with van der Waals surface area (Å²) in [5, 5.41) is 5.51. The number of nitrogens with one attached hydrogen (secondary N) is 1. The number of hydrogen-bond acceptors (Lipinski definition) is 6. The van der Waals surface area contributed by atoms with Crippen LogP contribution in [0.5, 0.6) is 11.5 Å². The van der Waals surface area contributed by atoms with Crippen molar-refractivity contribution in [1.82, 2.24) is 19.9 Å². The van der Waals surface area contributed by atoms with Crippen molar-refractivity contribution in [2.24, 2.45) is 0 Å². The van der Waals surface area contributed by atoms with Gasteiger partial charge in [-0.1, -0.05) is 12.1 Å². The smallest absolute Gasteiger partial charge is 0.271 e. The number of amides is 1. The van der Waals surface area contributed by atoms with E-state index in [2.05, 4.69) is 15.3 Å². The number of hydrogen-bond donors (Lipinski definition) is 1. The third-order valence-corrected chi connectivity index (χ3v) is 5.80. The molecule has 7 nitrogen and oxygen atoms in total. The van der Waals surface area contributed by atoms with Crippen molar-refractivity contribution in [2.45, 2.75) is 13.0 Å². The van der Waals surface area contributed by atoms with Crippen LogP contribution in [0.15, 0.2) is 66.6 Å². The number of aromatic nitrogens is 3. The maximum Gasteiger partial charge on any atom is 0.271 e. The highest BCUT2D eigenvalue weighted by atomic mass is 32.1. The lowest BCUT2D eigenvalue weighted by atomic mass is 10.1. The Balaban J connectivity index is 1.45. The number of nitrogens with zero attached hydrogens (tertiary/aromatic N) is 3. The van der Waals surface area contributed by atoms with Gasteiger partial charge in [0.25, 0.3) is 5.91 Å². The van der Waals surface area contributed by atoms with Crippen LogP contribution in [-0.2, 0) is 0 Å². The molecule has 2 aromatic heterocycles. The number of methoxy groups -OCH3 is 2. The number of carbonyl (C=O) groups excluding carboxylic acids is 1. The monoisotopic (exact) mass is 434 g/mol. The molecule has 31 heavy (non-hydrogen) atoms. The van der Waals surface area contributed by atoms with Crippen LogP contribution >= 0.6 is 11.3 Å². The molecule has 0 saturated heterocycles. The molecule has 0 aliphatic rings. The number of thiazole rings is 1. The molecule has 8 heteroatoms. The summed E-state index contributed by atoms with van der Waals surface area (Å²) in [5.41, 5.74) is 3.27. The third-order valence-electron chi connectivity index (χ3n) is 4.91. The van der Waals surface area contributed by atoms with Gasteiger partial charge in [0, 0.05) is 29.0 Å². The predicted octanol–water partition coefficient (Wildman–Crippen LogP) is 4.50. The lowest BCUT2D eigenvalue weighted by molar-refractivity contribution is 0.0935. The Morgan fingerprint density at radius 3 is 2.55 bits per heavy atom. The van der Waals surface area contributed by atoms with E-state index >= 15 is 0 Å². The van der Waals surface area contributed by atoms with Crippen molar-refractivity contribution in [3.05, 3.63) is 77.8 Å². The van der Waals surface area contributed by atoms with Gasteiger partial charge in [0.05, 0.1) is 26.6 Å².